The van der Waals surface area contributed by atoms with Gasteiger partial charge in [0.2, 0.25) is 0 Å². The van der Waals surface area contributed by atoms with Gasteiger partial charge in [-0.15, -0.1) is 11.3 Å². The molecule has 3 nitrogen and oxygen atoms in total. The van der Waals surface area contributed by atoms with Crippen molar-refractivity contribution in [2.45, 2.75) is 44.4 Å². The molecule has 1 N–H and O–H groups in total. The standard InChI is InChI=1S/C30H30F3NO2S/c1-19(2)20(3)29(24-8-6-23(7-9-24)27-5-4-16-37-27)34-15-14-21(18-28(35)36)17-26(34)22-10-12-25(13-11-22)30(31,32)33/h4-13,16,21,26,29H,1,3,14-15,17-18H2,2H3,(H,35,36)/t21-,26+,29-/m1/s1. The first kappa shape index (κ1) is 26.9. The molecule has 2 heterocycles. The number of nitrogens with zero attached hydrogens (tertiary/aromatic N) is 1. The third-order valence-electron chi connectivity index (χ3n) is 7.08. The van der Waals surface area contributed by atoms with Crippen molar-refractivity contribution in [3.8, 4) is 10.4 Å². The monoisotopic (exact) mass is 525 g/mol. The zero-order valence-corrected chi connectivity index (χ0v) is 21.5. The number of hydrogen-bond acceptors (Lipinski definition) is 3. The Morgan fingerprint density at radius 3 is 2.32 bits per heavy atom. The fourth-order valence-electron chi connectivity index (χ4n) is 5.12. The molecule has 0 bridgehead atoms. The molecule has 37 heavy (non-hydrogen) atoms. The first-order chi connectivity index (χ1) is 17.5. The first-order valence-electron chi connectivity index (χ1n) is 12.2. The van der Waals surface area contributed by atoms with Gasteiger partial charge >= 0.3 is 12.1 Å². The van der Waals surface area contributed by atoms with Crippen molar-refractivity contribution in [1.29, 1.82) is 0 Å². The van der Waals surface area contributed by atoms with Crippen LogP contribution in [0.25, 0.3) is 10.4 Å². The number of aliphatic carboxylic acids is 1. The van der Waals surface area contributed by atoms with Gasteiger partial charge in [-0.1, -0.05) is 61.2 Å². The number of benzene rings is 2. The summed E-state index contributed by atoms with van der Waals surface area (Å²) in [4.78, 5) is 14.9. The number of carboxylic acid groups (broad SMARTS) is 1. The van der Waals surface area contributed by atoms with Crippen molar-refractivity contribution in [2.24, 2.45) is 5.92 Å². The second-order valence-corrected chi connectivity index (χ2v) is 10.6. The van der Waals surface area contributed by atoms with Crippen molar-refractivity contribution in [2.75, 3.05) is 6.54 Å². The second-order valence-electron chi connectivity index (χ2n) is 9.67. The Morgan fingerprint density at radius 2 is 1.78 bits per heavy atom. The molecule has 0 spiro atoms. The summed E-state index contributed by atoms with van der Waals surface area (Å²) < 4.78 is 39.7. The Labute approximate surface area is 219 Å². The van der Waals surface area contributed by atoms with Gasteiger partial charge in [-0.05, 0) is 78.1 Å². The van der Waals surface area contributed by atoms with Crippen LogP contribution in [-0.4, -0.2) is 22.5 Å². The molecule has 1 fully saturated rings. The molecule has 4 rings (SSSR count). The Balaban J connectivity index is 1.73. The molecule has 1 aliphatic heterocycles. The zero-order valence-electron chi connectivity index (χ0n) is 20.7. The molecule has 0 saturated carbocycles. The van der Waals surface area contributed by atoms with E-state index in [-0.39, 0.29) is 24.4 Å². The van der Waals surface area contributed by atoms with Gasteiger partial charge in [-0.25, -0.2) is 0 Å². The number of alkyl halides is 3. The summed E-state index contributed by atoms with van der Waals surface area (Å²) in [6.07, 6.45) is -3.17. The summed E-state index contributed by atoms with van der Waals surface area (Å²) in [5, 5.41) is 11.4. The molecule has 1 aliphatic rings. The van der Waals surface area contributed by atoms with Gasteiger partial charge in [0.15, 0.2) is 0 Å². The predicted octanol–water partition coefficient (Wildman–Crippen LogP) is 8.54. The lowest BCUT2D eigenvalue weighted by Crippen LogP contribution is -2.40. The Bertz CT molecular complexity index is 1250. The van der Waals surface area contributed by atoms with Crippen LogP contribution in [0.5, 0.6) is 0 Å². The van der Waals surface area contributed by atoms with Gasteiger partial charge in [-0.3, -0.25) is 9.69 Å². The molecular weight excluding hydrogens is 495 g/mol. The van der Waals surface area contributed by atoms with Gasteiger partial charge in [0.1, 0.15) is 0 Å². The number of hydrogen-bond donors (Lipinski definition) is 1. The Kier molecular flexibility index (Phi) is 8.05. The molecule has 0 amide bonds. The molecule has 1 saturated heterocycles. The number of halogens is 3. The fraction of sp³-hybridized carbons (Fsp3) is 0.300. The highest BCUT2D eigenvalue weighted by molar-refractivity contribution is 7.13. The number of rotatable bonds is 8. The number of thiophene rings is 1. The molecule has 1 aromatic heterocycles. The molecule has 0 unspecified atom stereocenters. The number of carbonyl (C=O) groups is 1. The highest BCUT2D eigenvalue weighted by Crippen LogP contribution is 2.45. The van der Waals surface area contributed by atoms with E-state index in [0.717, 1.165) is 40.0 Å². The summed E-state index contributed by atoms with van der Waals surface area (Å²) in [6, 6.07) is 17.1. The molecule has 3 atom stereocenters. The van der Waals surface area contributed by atoms with Crippen LogP contribution in [0.3, 0.4) is 0 Å². The van der Waals surface area contributed by atoms with Crippen LogP contribution in [0.15, 0.2) is 90.3 Å². The Hall–Kier alpha value is -3.16. The van der Waals surface area contributed by atoms with Gasteiger partial charge in [0.05, 0.1) is 11.6 Å². The summed E-state index contributed by atoms with van der Waals surface area (Å²) >= 11 is 1.66. The molecule has 0 radical (unpaired) electrons. The lowest BCUT2D eigenvalue weighted by Gasteiger charge is -2.45. The van der Waals surface area contributed by atoms with E-state index >= 15 is 0 Å². The van der Waals surface area contributed by atoms with Gasteiger partial charge < -0.3 is 5.11 Å². The number of carboxylic acids is 1. The highest BCUT2D eigenvalue weighted by atomic mass is 32.1. The third kappa shape index (κ3) is 6.22. The van der Waals surface area contributed by atoms with E-state index in [4.69, 9.17) is 0 Å². The lowest BCUT2D eigenvalue weighted by molar-refractivity contribution is -0.139. The second kappa shape index (κ2) is 11.1. The quantitative estimate of drug-likeness (QED) is 0.300. The molecule has 0 aliphatic carbocycles. The largest absolute Gasteiger partial charge is 0.481 e. The molecule has 7 heteroatoms. The fourth-order valence-corrected chi connectivity index (χ4v) is 5.85. The van der Waals surface area contributed by atoms with Crippen LogP contribution in [-0.2, 0) is 11.0 Å². The minimum atomic E-state index is -4.42. The summed E-state index contributed by atoms with van der Waals surface area (Å²) in [7, 11) is 0. The number of piperidine rings is 1. The lowest BCUT2D eigenvalue weighted by atomic mass is 9.81. The minimum Gasteiger partial charge on any atom is -0.481 e. The zero-order chi connectivity index (χ0) is 26.7. The SMILES string of the molecule is C=C(C)C(=C)[C@H](c1ccc(-c2cccs2)cc1)N1CC[C@@H](CC(=O)O)C[C@H]1c1ccc(C(F)(F)F)cc1. The number of likely N-dealkylation sites (tertiary alicyclic amines) is 1. The van der Waals surface area contributed by atoms with Crippen molar-refractivity contribution >= 4 is 17.3 Å². The van der Waals surface area contributed by atoms with E-state index in [0.29, 0.717) is 19.4 Å². The highest BCUT2D eigenvalue weighted by Gasteiger charge is 2.37. The Morgan fingerprint density at radius 1 is 1.11 bits per heavy atom. The topological polar surface area (TPSA) is 40.5 Å². The normalized spacial score (nSPS) is 19.4. The van der Waals surface area contributed by atoms with Gasteiger partial charge in [0.25, 0.3) is 0 Å². The third-order valence-corrected chi connectivity index (χ3v) is 8.00. The van der Waals surface area contributed by atoms with Crippen LogP contribution in [0.4, 0.5) is 13.2 Å². The maximum atomic E-state index is 13.2. The van der Waals surface area contributed by atoms with Crippen LogP contribution >= 0.6 is 11.3 Å². The summed E-state index contributed by atoms with van der Waals surface area (Å²) in [5.74, 6) is -0.933. The van der Waals surface area contributed by atoms with Crippen molar-refractivity contribution in [3.63, 3.8) is 0 Å². The van der Waals surface area contributed by atoms with E-state index in [1.807, 2.05) is 18.4 Å². The minimum absolute atomic E-state index is 0.0343. The van der Waals surface area contributed by atoms with Crippen molar-refractivity contribution in [1.82, 2.24) is 4.90 Å². The van der Waals surface area contributed by atoms with Gasteiger partial charge in [-0.2, -0.15) is 13.2 Å². The average molecular weight is 526 g/mol. The maximum Gasteiger partial charge on any atom is 0.416 e. The maximum absolute atomic E-state index is 13.2. The predicted molar refractivity (Wildman–Crippen MR) is 142 cm³/mol. The van der Waals surface area contributed by atoms with E-state index in [1.165, 1.54) is 17.0 Å². The van der Waals surface area contributed by atoms with Crippen LogP contribution < -0.4 is 0 Å². The summed E-state index contributed by atoms with van der Waals surface area (Å²) in [6.45, 7) is 10.9. The van der Waals surface area contributed by atoms with E-state index in [1.54, 1.807) is 11.3 Å². The van der Waals surface area contributed by atoms with Crippen LogP contribution in [0, 0.1) is 5.92 Å². The van der Waals surface area contributed by atoms with E-state index < -0.39 is 17.7 Å². The van der Waals surface area contributed by atoms with E-state index in [9.17, 15) is 23.1 Å². The molecule has 194 valence electrons. The van der Waals surface area contributed by atoms with Crippen LogP contribution in [0.2, 0.25) is 0 Å². The first-order valence-corrected chi connectivity index (χ1v) is 13.1. The molecular formula is C30H30F3NO2S. The van der Waals surface area contributed by atoms with Gasteiger partial charge in [0, 0.05) is 17.3 Å². The summed E-state index contributed by atoms with van der Waals surface area (Å²) in [5.41, 5.74) is 3.81. The van der Waals surface area contributed by atoms with Crippen molar-refractivity contribution < 1.29 is 23.1 Å². The van der Waals surface area contributed by atoms with Crippen molar-refractivity contribution in [3.05, 3.63) is 107 Å². The average Bonchev–Trinajstić information content (AvgIpc) is 3.39. The molecule has 2 aromatic carbocycles. The van der Waals surface area contributed by atoms with E-state index in [2.05, 4.69) is 48.4 Å². The smallest absolute Gasteiger partial charge is 0.416 e. The molecule has 3 aromatic rings. The van der Waals surface area contributed by atoms with Crippen LogP contribution in [0.1, 0.15) is 55.0 Å².